The molecule has 1 aromatic carbocycles. The van der Waals surface area contributed by atoms with Crippen LogP contribution in [0.1, 0.15) is 46.7 Å². The normalized spacial score (nSPS) is 11.5. The van der Waals surface area contributed by atoms with Crippen molar-refractivity contribution in [3.63, 3.8) is 0 Å². The van der Waals surface area contributed by atoms with Gasteiger partial charge in [-0.1, -0.05) is 31.0 Å². The molecule has 0 bridgehead atoms. The third-order valence-corrected chi connectivity index (χ3v) is 4.76. The van der Waals surface area contributed by atoms with E-state index in [2.05, 4.69) is 10.6 Å². The maximum atomic E-state index is 12.4. The highest BCUT2D eigenvalue weighted by Gasteiger charge is 2.18. The van der Waals surface area contributed by atoms with Gasteiger partial charge in [0.1, 0.15) is 0 Å². The Kier molecular flexibility index (Phi) is 7.82. The zero-order valence-electron chi connectivity index (χ0n) is 15.1. The Balaban J connectivity index is 2.03. The van der Waals surface area contributed by atoms with E-state index < -0.39 is 12.6 Å². The Bertz CT molecular complexity index is 808. The minimum atomic E-state index is -0.716. The Morgan fingerprint density at radius 3 is 2.70 bits per heavy atom. The monoisotopic (exact) mass is 408 g/mol. The van der Waals surface area contributed by atoms with E-state index in [1.54, 1.807) is 17.5 Å². The fraction of sp³-hybridized carbons (Fsp3) is 0.316. The minimum absolute atomic E-state index is 0.0115. The SMILES string of the molecule is CCC[C@@H](C)NC(=O)COC(=O)c1ccc(Cl)cc1NC(=O)c1cccs1. The van der Waals surface area contributed by atoms with Crippen LogP contribution >= 0.6 is 22.9 Å². The van der Waals surface area contributed by atoms with Gasteiger partial charge in [-0.15, -0.1) is 11.3 Å². The third-order valence-electron chi connectivity index (χ3n) is 3.66. The Morgan fingerprint density at radius 1 is 1.26 bits per heavy atom. The lowest BCUT2D eigenvalue weighted by Gasteiger charge is -2.14. The molecule has 2 amide bonds. The van der Waals surface area contributed by atoms with Crippen LogP contribution < -0.4 is 10.6 Å². The maximum absolute atomic E-state index is 12.4. The van der Waals surface area contributed by atoms with Gasteiger partial charge in [-0.2, -0.15) is 0 Å². The number of halogens is 1. The zero-order chi connectivity index (χ0) is 19.8. The van der Waals surface area contributed by atoms with Crippen molar-refractivity contribution in [2.45, 2.75) is 32.7 Å². The molecule has 1 aromatic heterocycles. The molecule has 6 nitrogen and oxygen atoms in total. The lowest BCUT2D eigenvalue weighted by atomic mass is 10.1. The first-order chi connectivity index (χ1) is 12.9. The van der Waals surface area contributed by atoms with Crippen LogP contribution in [-0.2, 0) is 9.53 Å². The van der Waals surface area contributed by atoms with Gasteiger partial charge in [0.15, 0.2) is 6.61 Å². The van der Waals surface area contributed by atoms with E-state index in [0.29, 0.717) is 9.90 Å². The number of hydrogen-bond donors (Lipinski definition) is 2. The van der Waals surface area contributed by atoms with Gasteiger partial charge in [0.05, 0.1) is 16.1 Å². The predicted molar refractivity (Wildman–Crippen MR) is 107 cm³/mol. The molecule has 0 saturated carbocycles. The smallest absolute Gasteiger partial charge is 0.340 e. The summed E-state index contributed by atoms with van der Waals surface area (Å²) in [6, 6.07) is 7.87. The van der Waals surface area contributed by atoms with Crippen molar-refractivity contribution in [3.8, 4) is 0 Å². The molecule has 0 spiro atoms. The highest BCUT2D eigenvalue weighted by molar-refractivity contribution is 7.12. The number of amides is 2. The second-order valence-corrected chi connectivity index (χ2v) is 7.34. The standard InChI is InChI=1S/C19H21ClN2O4S/c1-3-5-12(2)21-17(23)11-26-19(25)14-8-7-13(20)10-15(14)22-18(24)16-6-4-9-27-16/h4,6-10,12H,3,5,11H2,1-2H3,(H,21,23)(H,22,24)/t12-/m1/s1. The second kappa shape index (κ2) is 10.1. The van der Waals surface area contributed by atoms with Crippen molar-refractivity contribution in [2.75, 3.05) is 11.9 Å². The van der Waals surface area contributed by atoms with E-state index in [9.17, 15) is 14.4 Å². The Morgan fingerprint density at radius 2 is 2.04 bits per heavy atom. The zero-order valence-corrected chi connectivity index (χ0v) is 16.7. The molecule has 0 unspecified atom stereocenters. The molecule has 1 heterocycles. The van der Waals surface area contributed by atoms with Gasteiger partial charge < -0.3 is 15.4 Å². The van der Waals surface area contributed by atoms with E-state index >= 15 is 0 Å². The van der Waals surface area contributed by atoms with Crippen molar-refractivity contribution in [3.05, 3.63) is 51.2 Å². The molecule has 2 rings (SSSR count). The molecular weight excluding hydrogens is 388 g/mol. The summed E-state index contributed by atoms with van der Waals surface area (Å²) in [4.78, 5) is 37.0. The topological polar surface area (TPSA) is 84.5 Å². The number of thiophene rings is 1. The predicted octanol–water partition coefficient (Wildman–Crippen LogP) is 4.12. The number of anilines is 1. The molecule has 0 fully saturated rings. The molecule has 1 atom stereocenters. The molecule has 2 aromatic rings. The summed E-state index contributed by atoms with van der Waals surface area (Å²) in [7, 11) is 0. The van der Waals surface area contributed by atoms with Crippen LogP contribution in [0.4, 0.5) is 5.69 Å². The molecule has 8 heteroatoms. The third kappa shape index (κ3) is 6.37. The number of carbonyl (C=O) groups is 3. The number of rotatable bonds is 8. The number of ether oxygens (including phenoxy) is 1. The molecule has 0 aliphatic carbocycles. The largest absolute Gasteiger partial charge is 0.452 e. The average Bonchev–Trinajstić information content (AvgIpc) is 3.15. The average molecular weight is 409 g/mol. The molecule has 27 heavy (non-hydrogen) atoms. The number of esters is 1. The molecular formula is C19H21ClN2O4S. The Hall–Kier alpha value is -2.38. The van der Waals surface area contributed by atoms with Crippen LogP contribution in [0.15, 0.2) is 35.7 Å². The minimum Gasteiger partial charge on any atom is -0.452 e. The van der Waals surface area contributed by atoms with Crippen molar-refractivity contribution in [1.29, 1.82) is 0 Å². The van der Waals surface area contributed by atoms with E-state index in [1.807, 2.05) is 13.8 Å². The quantitative estimate of drug-likeness (QED) is 0.643. The second-order valence-electron chi connectivity index (χ2n) is 5.95. The summed E-state index contributed by atoms with van der Waals surface area (Å²) in [5.74, 6) is -1.44. The highest BCUT2D eigenvalue weighted by atomic mass is 35.5. The number of nitrogens with one attached hydrogen (secondary N) is 2. The highest BCUT2D eigenvalue weighted by Crippen LogP contribution is 2.23. The first kappa shape index (κ1) is 20.9. The van der Waals surface area contributed by atoms with Crippen LogP contribution in [-0.4, -0.2) is 30.4 Å². The first-order valence-corrected chi connectivity index (χ1v) is 9.77. The number of hydrogen-bond acceptors (Lipinski definition) is 5. The molecule has 0 aliphatic rings. The van der Waals surface area contributed by atoms with E-state index in [0.717, 1.165) is 12.8 Å². The molecule has 2 N–H and O–H groups in total. The van der Waals surface area contributed by atoms with Gasteiger partial charge in [-0.05, 0) is 43.0 Å². The number of benzene rings is 1. The van der Waals surface area contributed by atoms with E-state index in [1.165, 1.54) is 29.5 Å². The van der Waals surface area contributed by atoms with Crippen LogP contribution in [0.5, 0.6) is 0 Å². The van der Waals surface area contributed by atoms with Gasteiger partial charge in [-0.25, -0.2) is 4.79 Å². The Labute approximate surface area is 166 Å². The first-order valence-electron chi connectivity index (χ1n) is 8.51. The van der Waals surface area contributed by atoms with Crippen molar-refractivity contribution >= 4 is 46.4 Å². The summed E-state index contributed by atoms with van der Waals surface area (Å²) >= 11 is 7.26. The van der Waals surface area contributed by atoms with E-state index in [4.69, 9.17) is 16.3 Å². The number of carbonyl (C=O) groups excluding carboxylic acids is 3. The van der Waals surface area contributed by atoms with Gasteiger partial charge in [-0.3, -0.25) is 9.59 Å². The van der Waals surface area contributed by atoms with Crippen LogP contribution in [0.2, 0.25) is 5.02 Å². The van der Waals surface area contributed by atoms with Crippen molar-refractivity contribution in [1.82, 2.24) is 5.32 Å². The lowest BCUT2D eigenvalue weighted by molar-refractivity contribution is -0.124. The van der Waals surface area contributed by atoms with Gasteiger partial charge in [0.2, 0.25) is 0 Å². The van der Waals surface area contributed by atoms with Gasteiger partial charge in [0.25, 0.3) is 11.8 Å². The maximum Gasteiger partial charge on any atom is 0.340 e. The van der Waals surface area contributed by atoms with Crippen molar-refractivity contribution in [2.24, 2.45) is 0 Å². The summed E-state index contributed by atoms with van der Waals surface area (Å²) in [6.45, 7) is 3.52. The van der Waals surface area contributed by atoms with Crippen molar-refractivity contribution < 1.29 is 19.1 Å². The van der Waals surface area contributed by atoms with Crippen LogP contribution in [0, 0.1) is 0 Å². The molecule has 144 valence electrons. The lowest BCUT2D eigenvalue weighted by Crippen LogP contribution is -2.35. The van der Waals surface area contributed by atoms with Gasteiger partial charge >= 0.3 is 5.97 Å². The summed E-state index contributed by atoms with van der Waals surface area (Å²) in [5.41, 5.74) is 0.351. The fourth-order valence-corrected chi connectivity index (χ4v) is 3.21. The molecule has 0 aliphatic heterocycles. The van der Waals surface area contributed by atoms with Crippen LogP contribution in [0.25, 0.3) is 0 Å². The van der Waals surface area contributed by atoms with E-state index in [-0.39, 0.29) is 29.1 Å². The summed E-state index contributed by atoms with van der Waals surface area (Å²) in [6.07, 6.45) is 1.79. The van der Waals surface area contributed by atoms with Crippen LogP contribution in [0.3, 0.4) is 0 Å². The summed E-state index contributed by atoms with van der Waals surface area (Å²) < 4.78 is 5.08. The molecule has 0 saturated heterocycles. The molecule has 0 radical (unpaired) electrons. The fourth-order valence-electron chi connectivity index (χ4n) is 2.42. The summed E-state index contributed by atoms with van der Waals surface area (Å²) in [5, 5.41) is 7.55. The van der Waals surface area contributed by atoms with Gasteiger partial charge in [0, 0.05) is 11.1 Å².